The molecule has 3 rings (SSSR count). The smallest absolute Gasteiger partial charge is 0.349 e. The summed E-state index contributed by atoms with van der Waals surface area (Å²) in [4.78, 5) is 25.4. The van der Waals surface area contributed by atoms with E-state index in [-0.39, 0.29) is 5.56 Å². The minimum Gasteiger partial charge on any atom is -0.493 e. The first-order valence-electron chi connectivity index (χ1n) is 7.10. The van der Waals surface area contributed by atoms with Gasteiger partial charge in [0.05, 0.1) is 7.11 Å². The van der Waals surface area contributed by atoms with Gasteiger partial charge >= 0.3 is 5.63 Å². The Labute approximate surface area is 136 Å². The van der Waals surface area contributed by atoms with Crippen molar-refractivity contribution in [3.63, 3.8) is 0 Å². The zero-order valence-electron chi connectivity index (χ0n) is 12.5. The highest BCUT2D eigenvalue weighted by atomic mass is 32.1. The number of carbonyl (C=O) groups is 1. The van der Waals surface area contributed by atoms with Gasteiger partial charge < -0.3 is 14.5 Å². The van der Waals surface area contributed by atoms with Crippen molar-refractivity contribution in [3.05, 3.63) is 62.6 Å². The van der Waals surface area contributed by atoms with Crippen LogP contribution in [0.15, 0.2) is 51.0 Å². The number of carbonyl (C=O) groups excluding carboxylic acids is 1. The monoisotopic (exact) mass is 329 g/mol. The van der Waals surface area contributed by atoms with Crippen molar-refractivity contribution < 1.29 is 13.9 Å². The maximum Gasteiger partial charge on any atom is 0.349 e. The van der Waals surface area contributed by atoms with E-state index in [1.165, 1.54) is 18.1 Å². The molecule has 0 bridgehead atoms. The molecule has 0 aliphatic carbocycles. The lowest BCUT2D eigenvalue weighted by Gasteiger charge is -2.06. The van der Waals surface area contributed by atoms with Crippen molar-refractivity contribution in [1.82, 2.24) is 5.32 Å². The van der Waals surface area contributed by atoms with Crippen LogP contribution in [0.5, 0.6) is 5.75 Å². The second kappa shape index (κ2) is 6.66. The van der Waals surface area contributed by atoms with E-state index in [0.717, 1.165) is 6.42 Å². The van der Waals surface area contributed by atoms with Crippen LogP contribution in [0.2, 0.25) is 0 Å². The number of hydrogen-bond donors (Lipinski definition) is 1. The summed E-state index contributed by atoms with van der Waals surface area (Å²) in [5.41, 5.74) is -0.331. The lowest BCUT2D eigenvalue weighted by Crippen LogP contribution is -2.29. The third-order valence-corrected chi connectivity index (χ3v) is 4.36. The fourth-order valence-corrected chi connectivity index (χ4v) is 3.00. The highest BCUT2D eigenvalue weighted by Gasteiger charge is 2.15. The second-order valence-electron chi connectivity index (χ2n) is 4.91. The van der Waals surface area contributed by atoms with Gasteiger partial charge in [-0.15, -0.1) is 11.3 Å². The summed E-state index contributed by atoms with van der Waals surface area (Å²) in [5, 5.41) is 5.38. The molecule has 118 valence electrons. The Balaban J connectivity index is 1.80. The van der Waals surface area contributed by atoms with Crippen molar-refractivity contribution >= 4 is 28.2 Å². The molecule has 0 unspecified atom stereocenters. The number of thiophene rings is 1. The predicted octanol–water partition coefficient (Wildman–Crippen LogP) is 2.84. The maximum absolute atomic E-state index is 12.2. The molecule has 1 amide bonds. The topological polar surface area (TPSA) is 68.5 Å². The number of ether oxygens (including phenoxy) is 1. The Morgan fingerprint density at radius 2 is 2.17 bits per heavy atom. The van der Waals surface area contributed by atoms with Crippen molar-refractivity contribution in [2.75, 3.05) is 13.7 Å². The zero-order valence-corrected chi connectivity index (χ0v) is 13.3. The van der Waals surface area contributed by atoms with E-state index in [2.05, 4.69) is 5.32 Å². The van der Waals surface area contributed by atoms with Crippen molar-refractivity contribution in [3.8, 4) is 5.75 Å². The Kier molecular flexibility index (Phi) is 4.43. The molecule has 2 aromatic heterocycles. The fourth-order valence-electron chi connectivity index (χ4n) is 2.29. The summed E-state index contributed by atoms with van der Waals surface area (Å²) in [6.07, 6.45) is 0.732. The van der Waals surface area contributed by atoms with Gasteiger partial charge in [0, 0.05) is 16.8 Å². The predicted molar refractivity (Wildman–Crippen MR) is 89.4 cm³/mol. The van der Waals surface area contributed by atoms with Crippen LogP contribution in [0.25, 0.3) is 11.0 Å². The average molecular weight is 329 g/mol. The molecular formula is C17H15NO4S. The molecule has 0 aliphatic rings. The van der Waals surface area contributed by atoms with Crippen LogP contribution in [0.1, 0.15) is 15.2 Å². The van der Waals surface area contributed by atoms with Crippen LogP contribution in [0.4, 0.5) is 0 Å². The van der Waals surface area contributed by atoms with Crippen LogP contribution < -0.4 is 15.7 Å². The SMILES string of the molecule is COc1cccc2cc(C(=O)NCCc3cccs3)c(=O)oc12. The summed E-state index contributed by atoms with van der Waals surface area (Å²) >= 11 is 1.63. The average Bonchev–Trinajstić information content (AvgIpc) is 3.07. The molecule has 0 atom stereocenters. The molecule has 0 radical (unpaired) electrons. The normalized spacial score (nSPS) is 10.7. The van der Waals surface area contributed by atoms with Crippen molar-refractivity contribution in [1.29, 1.82) is 0 Å². The molecule has 2 heterocycles. The molecule has 5 nitrogen and oxygen atoms in total. The number of para-hydroxylation sites is 1. The lowest BCUT2D eigenvalue weighted by molar-refractivity contribution is 0.0950. The quantitative estimate of drug-likeness (QED) is 0.731. The minimum atomic E-state index is -0.671. The number of methoxy groups -OCH3 is 1. The molecule has 0 spiro atoms. The van der Waals surface area contributed by atoms with E-state index < -0.39 is 11.5 Å². The summed E-state index contributed by atoms with van der Waals surface area (Å²) in [7, 11) is 1.50. The number of amides is 1. The van der Waals surface area contributed by atoms with Gasteiger partial charge in [-0.3, -0.25) is 4.79 Å². The van der Waals surface area contributed by atoms with Gasteiger partial charge in [0.25, 0.3) is 5.91 Å². The molecule has 6 heteroatoms. The third-order valence-electron chi connectivity index (χ3n) is 3.43. The molecule has 23 heavy (non-hydrogen) atoms. The first-order chi connectivity index (χ1) is 11.2. The Hall–Kier alpha value is -2.60. The maximum atomic E-state index is 12.2. The molecule has 0 saturated carbocycles. The number of fused-ring (bicyclic) bond motifs is 1. The largest absolute Gasteiger partial charge is 0.493 e. The van der Waals surface area contributed by atoms with Crippen molar-refractivity contribution in [2.45, 2.75) is 6.42 Å². The summed E-state index contributed by atoms with van der Waals surface area (Å²) in [6, 6.07) is 10.7. The standard InChI is InChI=1S/C17H15NO4S/c1-21-14-6-2-4-11-10-13(17(20)22-15(11)14)16(19)18-8-7-12-5-3-9-23-12/h2-6,9-10H,7-8H2,1H3,(H,18,19). The van der Waals surface area contributed by atoms with Gasteiger partial charge in [0.2, 0.25) is 0 Å². The van der Waals surface area contributed by atoms with Crippen LogP contribution in [0, 0.1) is 0 Å². The lowest BCUT2D eigenvalue weighted by atomic mass is 10.1. The molecule has 1 aromatic carbocycles. The van der Waals surface area contributed by atoms with Gasteiger partial charge in [0.1, 0.15) is 5.56 Å². The minimum absolute atomic E-state index is 0.00284. The van der Waals surface area contributed by atoms with Gasteiger partial charge in [-0.25, -0.2) is 4.79 Å². The highest BCUT2D eigenvalue weighted by molar-refractivity contribution is 7.09. The van der Waals surface area contributed by atoms with E-state index in [9.17, 15) is 9.59 Å². The molecule has 1 N–H and O–H groups in total. The van der Waals surface area contributed by atoms with Crippen LogP contribution >= 0.6 is 11.3 Å². The Bertz CT molecular complexity index is 883. The third kappa shape index (κ3) is 3.27. The molecule has 0 saturated heterocycles. The first kappa shape index (κ1) is 15.3. The van der Waals surface area contributed by atoms with Crippen LogP contribution in [-0.4, -0.2) is 19.6 Å². The van der Waals surface area contributed by atoms with Gasteiger partial charge in [-0.2, -0.15) is 0 Å². The number of rotatable bonds is 5. The fraction of sp³-hybridized carbons (Fsp3) is 0.176. The zero-order chi connectivity index (χ0) is 16.2. The Morgan fingerprint density at radius 3 is 2.91 bits per heavy atom. The number of benzene rings is 1. The summed E-state index contributed by atoms with van der Waals surface area (Å²) in [5.74, 6) is 0.0317. The van der Waals surface area contributed by atoms with E-state index in [4.69, 9.17) is 9.15 Å². The van der Waals surface area contributed by atoms with E-state index in [1.54, 1.807) is 29.5 Å². The van der Waals surface area contributed by atoms with E-state index in [0.29, 0.717) is 23.3 Å². The first-order valence-corrected chi connectivity index (χ1v) is 7.98. The Morgan fingerprint density at radius 1 is 1.30 bits per heavy atom. The van der Waals surface area contributed by atoms with Crippen molar-refractivity contribution in [2.24, 2.45) is 0 Å². The van der Waals surface area contributed by atoms with Crippen LogP contribution in [0.3, 0.4) is 0 Å². The van der Waals surface area contributed by atoms with Gasteiger partial charge in [0.15, 0.2) is 11.3 Å². The summed E-state index contributed by atoms with van der Waals surface area (Å²) in [6.45, 7) is 0.467. The number of nitrogens with one attached hydrogen (secondary N) is 1. The van der Waals surface area contributed by atoms with Crippen LogP contribution in [-0.2, 0) is 6.42 Å². The summed E-state index contributed by atoms with van der Waals surface area (Å²) < 4.78 is 10.4. The number of hydrogen-bond acceptors (Lipinski definition) is 5. The molecular weight excluding hydrogens is 314 g/mol. The molecule has 0 fully saturated rings. The molecule has 3 aromatic rings. The van der Waals surface area contributed by atoms with Gasteiger partial charge in [-0.1, -0.05) is 18.2 Å². The van der Waals surface area contributed by atoms with E-state index >= 15 is 0 Å². The van der Waals surface area contributed by atoms with E-state index in [1.807, 2.05) is 17.5 Å². The molecule has 0 aliphatic heterocycles. The highest BCUT2D eigenvalue weighted by Crippen LogP contribution is 2.24. The second-order valence-corrected chi connectivity index (χ2v) is 5.94. The van der Waals surface area contributed by atoms with Gasteiger partial charge in [-0.05, 0) is 30.0 Å².